The molecule has 2 aromatic carbocycles. The van der Waals surface area contributed by atoms with Crippen molar-refractivity contribution in [2.24, 2.45) is 5.10 Å². The molecule has 0 saturated heterocycles. The topological polar surface area (TPSA) is 70.6 Å². The Morgan fingerprint density at radius 1 is 1.08 bits per heavy atom. The molecule has 0 saturated carbocycles. The largest absolute Gasteiger partial charge is 0.326 e. The van der Waals surface area contributed by atoms with Crippen molar-refractivity contribution >= 4 is 46.3 Å². The Morgan fingerprint density at radius 2 is 1.79 bits per heavy atom. The molecule has 6 heteroatoms. The van der Waals surface area contributed by atoms with Gasteiger partial charge in [0.05, 0.1) is 6.21 Å². The number of hydrazone groups is 1. The zero-order valence-corrected chi connectivity index (χ0v) is 15.4. The van der Waals surface area contributed by atoms with Crippen LogP contribution in [0.25, 0.3) is 0 Å². The number of aryl methyl sites for hydroxylation is 1. The minimum atomic E-state index is -0.295. The Labute approximate surface area is 154 Å². The Hall–Kier alpha value is -2.22. The van der Waals surface area contributed by atoms with Crippen molar-refractivity contribution in [2.45, 2.75) is 19.8 Å². The van der Waals surface area contributed by atoms with Gasteiger partial charge >= 0.3 is 0 Å². The van der Waals surface area contributed by atoms with Gasteiger partial charge in [0.2, 0.25) is 11.8 Å². The molecule has 0 aliphatic rings. The fourth-order valence-electron chi connectivity index (χ4n) is 1.98. The highest BCUT2D eigenvalue weighted by Crippen LogP contribution is 2.17. The van der Waals surface area contributed by atoms with Crippen LogP contribution in [0.1, 0.15) is 24.0 Å². The van der Waals surface area contributed by atoms with E-state index in [4.69, 9.17) is 0 Å². The van der Waals surface area contributed by atoms with Gasteiger partial charge in [0, 0.05) is 22.1 Å². The van der Waals surface area contributed by atoms with Crippen LogP contribution in [0.15, 0.2) is 53.6 Å². The summed E-state index contributed by atoms with van der Waals surface area (Å²) in [6.07, 6.45) is 1.76. The second-order valence-electron chi connectivity index (χ2n) is 5.21. The van der Waals surface area contributed by atoms with Crippen LogP contribution in [0.5, 0.6) is 0 Å². The van der Waals surface area contributed by atoms with E-state index >= 15 is 0 Å². The van der Waals surface area contributed by atoms with E-state index in [1.54, 1.807) is 6.21 Å². The van der Waals surface area contributed by atoms with E-state index in [1.807, 2.05) is 55.5 Å². The number of carbonyl (C=O) groups is 2. The number of halogens is 1. The second kappa shape index (κ2) is 9.17. The summed E-state index contributed by atoms with van der Waals surface area (Å²) in [5.74, 6) is -0.488. The molecule has 5 nitrogen and oxygen atoms in total. The van der Waals surface area contributed by atoms with Crippen molar-refractivity contribution in [3.8, 4) is 0 Å². The number of rotatable bonds is 6. The van der Waals surface area contributed by atoms with Crippen LogP contribution >= 0.6 is 22.6 Å². The van der Waals surface area contributed by atoms with E-state index in [1.165, 1.54) is 0 Å². The zero-order chi connectivity index (χ0) is 17.4. The van der Waals surface area contributed by atoms with Crippen molar-refractivity contribution in [1.82, 2.24) is 5.43 Å². The van der Waals surface area contributed by atoms with E-state index in [2.05, 4.69) is 38.4 Å². The number of nitrogens with zero attached hydrogens (tertiary/aromatic N) is 1. The van der Waals surface area contributed by atoms with Gasteiger partial charge in [-0.3, -0.25) is 9.59 Å². The molecule has 0 atom stereocenters. The summed E-state index contributed by atoms with van der Waals surface area (Å²) in [7, 11) is 0. The second-order valence-corrected chi connectivity index (χ2v) is 6.46. The summed E-state index contributed by atoms with van der Waals surface area (Å²) in [5, 5.41) is 6.68. The van der Waals surface area contributed by atoms with Crippen LogP contribution in [-0.4, -0.2) is 18.0 Å². The molecule has 0 unspecified atom stereocenters. The van der Waals surface area contributed by atoms with Crippen molar-refractivity contribution < 1.29 is 9.59 Å². The molecular formula is C18H18IN3O2. The van der Waals surface area contributed by atoms with Crippen molar-refractivity contribution in [3.63, 3.8) is 0 Å². The van der Waals surface area contributed by atoms with E-state index < -0.39 is 0 Å². The maximum Gasteiger partial charge on any atom is 0.240 e. The SMILES string of the molecule is Cc1cc(I)ccc1NC(=O)CCC(=O)N/N=C\c1ccccc1. The lowest BCUT2D eigenvalue weighted by molar-refractivity contribution is -0.124. The Balaban J connectivity index is 1.75. The van der Waals surface area contributed by atoms with Gasteiger partial charge in [-0.2, -0.15) is 5.10 Å². The minimum Gasteiger partial charge on any atom is -0.326 e. The van der Waals surface area contributed by atoms with Crippen LogP contribution in [0.3, 0.4) is 0 Å². The van der Waals surface area contributed by atoms with Crippen molar-refractivity contribution in [3.05, 3.63) is 63.2 Å². The molecular weight excluding hydrogens is 417 g/mol. The molecule has 2 amide bonds. The first kappa shape index (κ1) is 18.1. The summed E-state index contributed by atoms with van der Waals surface area (Å²) in [6, 6.07) is 15.2. The molecule has 0 radical (unpaired) electrons. The molecule has 0 aliphatic heterocycles. The van der Waals surface area contributed by atoms with Crippen LogP contribution in [0, 0.1) is 10.5 Å². The summed E-state index contributed by atoms with van der Waals surface area (Å²) >= 11 is 2.22. The maximum atomic E-state index is 11.9. The number of carbonyl (C=O) groups excluding carboxylic acids is 2. The van der Waals surface area contributed by atoms with Gasteiger partial charge in [0.25, 0.3) is 0 Å². The Kier molecular flexibility index (Phi) is 6.92. The molecule has 0 spiro atoms. The Morgan fingerprint density at radius 3 is 2.50 bits per heavy atom. The lowest BCUT2D eigenvalue weighted by Gasteiger charge is -2.08. The van der Waals surface area contributed by atoms with Gasteiger partial charge in [0.15, 0.2) is 0 Å². The monoisotopic (exact) mass is 435 g/mol. The van der Waals surface area contributed by atoms with Crippen LogP contribution < -0.4 is 10.7 Å². The van der Waals surface area contributed by atoms with E-state index in [9.17, 15) is 9.59 Å². The summed E-state index contributed by atoms with van der Waals surface area (Å²) in [6.45, 7) is 1.93. The van der Waals surface area contributed by atoms with E-state index in [-0.39, 0.29) is 24.7 Å². The van der Waals surface area contributed by atoms with Gasteiger partial charge in [-0.25, -0.2) is 5.43 Å². The molecule has 0 aromatic heterocycles. The van der Waals surface area contributed by atoms with Crippen molar-refractivity contribution in [1.29, 1.82) is 0 Å². The molecule has 0 bridgehead atoms. The average Bonchev–Trinajstić information content (AvgIpc) is 2.56. The van der Waals surface area contributed by atoms with Gasteiger partial charge in [-0.05, 0) is 58.8 Å². The molecule has 2 N–H and O–H groups in total. The highest BCUT2D eigenvalue weighted by atomic mass is 127. The fraction of sp³-hybridized carbons (Fsp3) is 0.167. The molecule has 0 heterocycles. The third-order valence-corrected chi connectivity index (χ3v) is 3.92. The van der Waals surface area contributed by atoms with Gasteiger partial charge in [0.1, 0.15) is 0 Å². The quantitative estimate of drug-likeness (QED) is 0.415. The van der Waals surface area contributed by atoms with Crippen molar-refractivity contribution in [2.75, 3.05) is 5.32 Å². The molecule has 124 valence electrons. The average molecular weight is 435 g/mol. The molecule has 0 aliphatic carbocycles. The normalized spacial score (nSPS) is 10.6. The maximum absolute atomic E-state index is 11.9. The first-order valence-corrected chi connectivity index (χ1v) is 8.55. The molecule has 2 aromatic rings. The lowest BCUT2D eigenvalue weighted by atomic mass is 10.2. The standard InChI is InChI=1S/C18H18IN3O2/c1-13-11-15(19)7-8-16(13)21-17(23)9-10-18(24)22-20-12-14-5-3-2-4-6-14/h2-8,11-12H,9-10H2,1H3,(H,21,23)(H,22,24)/b20-12-. The fourth-order valence-corrected chi connectivity index (χ4v) is 2.63. The third kappa shape index (κ3) is 6.11. The van der Waals surface area contributed by atoms with Crippen LogP contribution in [0.2, 0.25) is 0 Å². The van der Waals surface area contributed by atoms with Gasteiger partial charge in [-0.1, -0.05) is 30.3 Å². The molecule has 0 fully saturated rings. The first-order valence-electron chi connectivity index (χ1n) is 7.47. The summed E-state index contributed by atoms with van der Waals surface area (Å²) < 4.78 is 1.11. The smallest absolute Gasteiger partial charge is 0.240 e. The highest BCUT2D eigenvalue weighted by Gasteiger charge is 2.08. The van der Waals surface area contributed by atoms with Gasteiger partial charge in [-0.15, -0.1) is 0 Å². The molecule has 2 rings (SSSR count). The van der Waals surface area contributed by atoms with Gasteiger partial charge < -0.3 is 5.32 Å². The van der Waals surface area contributed by atoms with Crippen LogP contribution in [-0.2, 0) is 9.59 Å². The first-order chi connectivity index (χ1) is 11.5. The van der Waals surface area contributed by atoms with E-state index in [0.717, 1.165) is 20.4 Å². The summed E-state index contributed by atoms with van der Waals surface area (Å²) in [4.78, 5) is 23.6. The predicted octanol–water partition coefficient (Wildman–Crippen LogP) is 3.47. The zero-order valence-electron chi connectivity index (χ0n) is 13.3. The number of benzene rings is 2. The summed E-state index contributed by atoms with van der Waals surface area (Å²) in [5.41, 5.74) is 5.07. The predicted molar refractivity (Wildman–Crippen MR) is 104 cm³/mol. The Bertz CT molecular complexity index is 745. The number of hydrogen-bond donors (Lipinski definition) is 2. The minimum absolute atomic E-state index is 0.0847. The molecule has 24 heavy (non-hydrogen) atoms. The number of hydrogen-bond acceptors (Lipinski definition) is 3. The van der Waals surface area contributed by atoms with E-state index in [0.29, 0.717) is 0 Å². The highest BCUT2D eigenvalue weighted by molar-refractivity contribution is 14.1. The lowest BCUT2D eigenvalue weighted by Crippen LogP contribution is -2.20. The number of amides is 2. The number of nitrogens with one attached hydrogen (secondary N) is 2. The van der Waals surface area contributed by atoms with Crippen LogP contribution in [0.4, 0.5) is 5.69 Å². The third-order valence-electron chi connectivity index (χ3n) is 3.24. The number of anilines is 1.